The molecular formula is C12H22O12. The van der Waals surface area contributed by atoms with Crippen molar-refractivity contribution in [3.63, 3.8) is 0 Å². The molecule has 0 spiro atoms. The summed E-state index contributed by atoms with van der Waals surface area (Å²) >= 11 is 0. The minimum Gasteiger partial charge on any atom is -0.467 e. The van der Waals surface area contributed by atoms with Crippen molar-refractivity contribution >= 4 is 5.97 Å². The average Bonchev–Trinajstić information content (AvgIpc) is 2.59. The summed E-state index contributed by atoms with van der Waals surface area (Å²) in [4.78, 5) is 11.2. The van der Waals surface area contributed by atoms with Crippen LogP contribution >= 0.6 is 0 Å². The quantitative estimate of drug-likeness (QED) is 0.203. The Balaban J connectivity index is 3.10. The number of carbonyl (C=O) groups excluding carboxylic acids is 1. The van der Waals surface area contributed by atoms with Crippen molar-refractivity contribution in [1.82, 2.24) is 0 Å². The Morgan fingerprint density at radius 2 is 1.71 bits per heavy atom. The van der Waals surface area contributed by atoms with Crippen LogP contribution in [0.15, 0.2) is 0 Å². The first-order valence-corrected chi connectivity index (χ1v) is 6.88. The summed E-state index contributed by atoms with van der Waals surface area (Å²) in [6.07, 6.45) is -17.5. The highest BCUT2D eigenvalue weighted by molar-refractivity contribution is 5.75. The third-order valence-corrected chi connectivity index (χ3v) is 3.84. The Bertz CT molecular complexity index is 432. The summed E-state index contributed by atoms with van der Waals surface area (Å²) in [6, 6.07) is 0. The van der Waals surface area contributed by atoms with Crippen LogP contribution in [0.2, 0.25) is 0 Å². The first kappa shape index (κ1) is 21.1. The van der Waals surface area contributed by atoms with Gasteiger partial charge in [0.05, 0.1) is 13.7 Å². The smallest absolute Gasteiger partial charge is 0.337 e. The summed E-state index contributed by atoms with van der Waals surface area (Å²) in [7, 11) is 0.874. The van der Waals surface area contributed by atoms with E-state index >= 15 is 0 Å². The van der Waals surface area contributed by atoms with Crippen LogP contribution in [-0.2, 0) is 14.3 Å². The van der Waals surface area contributed by atoms with E-state index in [2.05, 4.69) is 4.74 Å². The zero-order chi connectivity index (χ0) is 18.8. The summed E-state index contributed by atoms with van der Waals surface area (Å²) in [5, 5.41) is 87.2. The molecule has 142 valence electrons. The molecule has 0 aromatic rings. The minimum atomic E-state index is -3.20. The summed E-state index contributed by atoms with van der Waals surface area (Å²) < 4.78 is 8.92. The molecule has 0 bridgehead atoms. The van der Waals surface area contributed by atoms with E-state index in [4.69, 9.17) is 9.84 Å². The molecule has 0 saturated carbocycles. The Morgan fingerprint density at radius 3 is 2.17 bits per heavy atom. The molecule has 9 atom stereocenters. The van der Waals surface area contributed by atoms with Crippen LogP contribution in [-0.4, -0.2) is 120 Å². The predicted molar refractivity (Wildman–Crippen MR) is 71.0 cm³/mol. The van der Waals surface area contributed by atoms with Crippen molar-refractivity contribution in [2.75, 3.05) is 13.7 Å². The number of ether oxygens (including phenoxy) is 2. The first-order chi connectivity index (χ1) is 11.0. The fourth-order valence-electron chi connectivity index (χ4n) is 2.32. The second-order valence-electron chi connectivity index (χ2n) is 5.41. The second-order valence-corrected chi connectivity index (χ2v) is 5.41. The Labute approximate surface area is 135 Å². The predicted octanol–water partition coefficient (Wildman–Crippen LogP) is -6.23. The van der Waals surface area contributed by atoms with Crippen LogP contribution < -0.4 is 0 Å². The van der Waals surface area contributed by atoms with Gasteiger partial charge in [-0.1, -0.05) is 0 Å². The van der Waals surface area contributed by atoms with Crippen molar-refractivity contribution in [2.24, 2.45) is 0 Å². The topological polar surface area (TPSA) is 218 Å². The van der Waals surface area contributed by atoms with Gasteiger partial charge in [0.15, 0.2) is 6.10 Å². The Kier molecular flexibility index (Phi) is 7.01. The van der Waals surface area contributed by atoms with Crippen molar-refractivity contribution < 1.29 is 60.2 Å². The number of carbonyl (C=O) groups is 1. The molecule has 0 radical (unpaired) electrons. The Hall–Kier alpha value is -0.930. The fourth-order valence-corrected chi connectivity index (χ4v) is 2.32. The van der Waals surface area contributed by atoms with Crippen LogP contribution in [0.5, 0.6) is 0 Å². The van der Waals surface area contributed by atoms with Crippen LogP contribution in [0.1, 0.15) is 0 Å². The highest BCUT2D eigenvalue weighted by atomic mass is 16.7. The molecule has 1 unspecified atom stereocenters. The third kappa shape index (κ3) is 3.67. The number of esters is 1. The standard InChI is InChI=1S/C12H22O12/c1-23-11(21)7(18)6(17)10(20)12(22)9(19)5(16)4(15)8(24-12)3(14)2-13/h3-10,13-20,22H,2H2,1H3/t3-,4+,5?,6+,7-,8+,9+,10-,12-/m0/s1. The lowest BCUT2D eigenvalue weighted by molar-refractivity contribution is -0.391. The minimum absolute atomic E-state index is 0.874. The highest BCUT2D eigenvalue weighted by Gasteiger charge is 2.60. The second kappa shape index (κ2) is 7.97. The lowest BCUT2D eigenvalue weighted by Crippen LogP contribution is -2.73. The van der Waals surface area contributed by atoms with Gasteiger partial charge in [-0.2, -0.15) is 0 Å². The van der Waals surface area contributed by atoms with Gasteiger partial charge in [-0.3, -0.25) is 0 Å². The molecule has 24 heavy (non-hydrogen) atoms. The van der Waals surface area contributed by atoms with E-state index in [0.717, 1.165) is 7.11 Å². The SMILES string of the molecule is COC(=O)[C@@H](O)[C@@H](O)[C@H](O)[C@@]1(O)O[C@H]([C@@H](O)CO)[C@H](O)C(O)[C@H]1O. The molecule has 12 heteroatoms. The summed E-state index contributed by atoms with van der Waals surface area (Å²) in [5.41, 5.74) is 0. The number of hydrogen-bond acceptors (Lipinski definition) is 12. The first-order valence-electron chi connectivity index (χ1n) is 6.88. The van der Waals surface area contributed by atoms with Crippen molar-refractivity contribution in [3.05, 3.63) is 0 Å². The molecule has 9 N–H and O–H groups in total. The van der Waals surface area contributed by atoms with E-state index in [1.165, 1.54) is 0 Å². The molecule has 1 aliphatic heterocycles. The van der Waals surface area contributed by atoms with Crippen LogP contribution in [0, 0.1) is 0 Å². The van der Waals surface area contributed by atoms with E-state index in [-0.39, 0.29) is 0 Å². The number of rotatable bonds is 6. The molecule has 12 nitrogen and oxygen atoms in total. The van der Waals surface area contributed by atoms with Gasteiger partial charge in [-0.05, 0) is 0 Å². The van der Waals surface area contributed by atoms with E-state index in [0.29, 0.717) is 0 Å². The maximum Gasteiger partial charge on any atom is 0.337 e. The van der Waals surface area contributed by atoms with Crippen molar-refractivity contribution in [1.29, 1.82) is 0 Å². The maximum absolute atomic E-state index is 11.2. The normalized spacial score (nSPS) is 38.9. The molecule has 0 amide bonds. The van der Waals surface area contributed by atoms with Crippen molar-refractivity contribution in [3.8, 4) is 0 Å². The molecular weight excluding hydrogens is 336 g/mol. The fraction of sp³-hybridized carbons (Fsp3) is 0.917. The average molecular weight is 358 g/mol. The molecule has 0 aromatic carbocycles. The monoisotopic (exact) mass is 358 g/mol. The molecule has 0 aliphatic carbocycles. The number of aliphatic hydroxyl groups excluding tert-OH is 8. The summed E-state index contributed by atoms with van der Waals surface area (Å²) in [5.74, 6) is -4.57. The van der Waals surface area contributed by atoms with Gasteiger partial charge >= 0.3 is 5.97 Å². The lowest BCUT2D eigenvalue weighted by Gasteiger charge is -2.49. The van der Waals surface area contributed by atoms with Gasteiger partial charge < -0.3 is 55.4 Å². The van der Waals surface area contributed by atoms with Gasteiger partial charge in [0.2, 0.25) is 5.79 Å². The lowest BCUT2D eigenvalue weighted by atomic mass is 9.85. The molecule has 1 heterocycles. The van der Waals surface area contributed by atoms with Gasteiger partial charge in [0.25, 0.3) is 0 Å². The van der Waals surface area contributed by atoms with Gasteiger partial charge in [-0.25, -0.2) is 4.79 Å². The molecule has 1 fully saturated rings. The third-order valence-electron chi connectivity index (χ3n) is 3.84. The number of methoxy groups -OCH3 is 1. The largest absolute Gasteiger partial charge is 0.467 e. The Morgan fingerprint density at radius 1 is 1.17 bits per heavy atom. The number of hydrogen-bond donors (Lipinski definition) is 9. The maximum atomic E-state index is 11.2. The number of aliphatic hydroxyl groups is 9. The van der Waals surface area contributed by atoms with Crippen LogP contribution in [0.4, 0.5) is 0 Å². The van der Waals surface area contributed by atoms with Gasteiger partial charge in [-0.15, -0.1) is 0 Å². The van der Waals surface area contributed by atoms with Crippen LogP contribution in [0.3, 0.4) is 0 Å². The zero-order valence-corrected chi connectivity index (χ0v) is 12.6. The van der Waals surface area contributed by atoms with E-state index in [1.54, 1.807) is 0 Å². The highest BCUT2D eigenvalue weighted by Crippen LogP contribution is 2.33. The van der Waals surface area contributed by atoms with Gasteiger partial charge in [0.1, 0.15) is 42.7 Å². The molecule has 1 rings (SSSR count). The molecule has 0 aromatic heterocycles. The van der Waals surface area contributed by atoms with E-state index in [1.807, 2.05) is 0 Å². The zero-order valence-electron chi connectivity index (χ0n) is 12.6. The van der Waals surface area contributed by atoms with E-state index in [9.17, 15) is 45.6 Å². The molecule has 1 saturated heterocycles. The van der Waals surface area contributed by atoms with E-state index < -0.39 is 67.2 Å². The van der Waals surface area contributed by atoms with Gasteiger partial charge in [0, 0.05) is 0 Å². The molecule has 1 aliphatic rings. The van der Waals surface area contributed by atoms with Crippen LogP contribution in [0.25, 0.3) is 0 Å². The summed E-state index contributed by atoms with van der Waals surface area (Å²) in [6.45, 7) is -0.968. The van der Waals surface area contributed by atoms with Crippen molar-refractivity contribution in [2.45, 2.75) is 54.6 Å².